The Kier molecular flexibility index (Phi) is 4.65. The minimum atomic E-state index is -0.297. The monoisotopic (exact) mass is 386 g/mol. The van der Waals surface area contributed by atoms with E-state index in [1.807, 2.05) is 29.2 Å². The Bertz CT molecular complexity index is 1050. The van der Waals surface area contributed by atoms with Crippen molar-refractivity contribution >= 4 is 28.7 Å². The summed E-state index contributed by atoms with van der Waals surface area (Å²) in [5.41, 5.74) is 1.24. The van der Waals surface area contributed by atoms with Gasteiger partial charge in [-0.25, -0.2) is 9.67 Å². The summed E-state index contributed by atoms with van der Waals surface area (Å²) in [6.45, 7) is 3.29. The zero-order chi connectivity index (χ0) is 19.0. The molecular weight excluding hydrogens is 368 g/mol. The molecule has 0 aliphatic carbocycles. The number of likely N-dealkylation sites (tertiary alicyclic amines) is 1. The van der Waals surface area contributed by atoms with Crippen LogP contribution in [0, 0.1) is 0 Å². The number of piperidine rings is 1. The van der Waals surface area contributed by atoms with Gasteiger partial charge in [0.15, 0.2) is 11.2 Å². The largest absolute Gasteiger partial charge is 0.343 e. The second kappa shape index (κ2) is 7.11. The number of fused-ring (bicyclic) bond motifs is 1. The molecule has 8 nitrogen and oxygen atoms in total. The molecule has 0 atom stereocenters. The minimum Gasteiger partial charge on any atom is -0.343 e. The number of carbonyl (C=O) groups is 1. The average Bonchev–Trinajstić information content (AvgIpc) is 3.07. The van der Waals surface area contributed by atoms with Gasteiger partial charge in [-0.05, 0) is 24.5 Å². The summed E-state index contributed by atoms with van der Waals surface area (Å²) >= 11 is 6.23. The molecule has 1 N–H and O–H groups in total. The summed E-state index contributed by atoms with van der Waals surface area (Å²) in [7, 11) is 0. The maximum Gasteiger partial charge on any atom is 0.281 e. The predicted molar refractivity (Wildman–Crippen MR) is 101 cm³/mol. The van der Waals surface area contributed by atoms with Crippen molar-refractivity contribution in [3.63, 3.8) is 0 Å². The van der Waals surface area contributed by atoms with Gasteiger partial charge < -0.3 is 9.88 Å². The van der Waals surface area contributed by atoms with Gasteiger partial charge in [0.05, 0.1) is 6.54 Å². The van der Waals surface area contributed by atoms with Gasteiger partial charge in [-0.3, -0.25) is 9.59 Å². The van der Waals surface area contributed by atoms with Crippen molar-refractivity contribution in [1.82, 2.24) is 29.9 Å². The molecule has 1 fully saturated rings. The number of nitrogens with one attached hydrogen (secondary N) is 1. The molecule has 3 heterocycles. The number of H-pyrrole nitrogens is 1. The summed E-state index contributed by atoms with van der Waals surface area (Å²) in [4.78, 5) is 33.3. The van der Waals surface area contributed by atoms with Crippen LogP contribution in [0.3, 0.4) is 0 Å². The van der Waals surface area contributed by atoms with Crippen molar-refractivity contribution in [1.29, 1.82) is 0 Å². The normalized spacial score (nSPS) is 15.4. The Morgan fingerprint density at radius 2 is 2.04 bits per heavy atom. The van der Waals surface area contributed by atoms with E-state index in [1.165, 1.54) is 0 Å². The van der Waals surface area contributed by atoms with E-state index in [0.29, 0.717) is 36.1 Å². The van der Waals surface area contributed by atoms with Crippen LogP contribution in [0.15, 0.2) is 29.1 Å². The van der Waals surface area contributed by atoms with Crippen molar-refractivity contribution in [3.05, 3.63) is 51.0 Å². The lowest BCUT2D eigenvalue weighted by Crippen LogP contribution is -2.37. The number of halogens is 1. The lowest BCUT2D eigenvalue weighted by Gasteiger charge is -2.30. The molecule has 0 spiro atoms. The Hall–Kier alpha value is -2.74. The molecule has 0 saturated carbocycles. The van der Waals surface area contributed by atoms with Crippen molar-refractivity contribution in [2.45, 2.75) is 32.2 Å². The number of carbonyl (C=O) groups excluding carboxylic acids is 1. The molecule has 0 bridgehead atoms. The lowest BCUT2D eigenvalue weighted by molar-refractivity contribution is -0.129. The summed E-state index contributed by atoms with van der Waals surface area (Å²) in [6, 6.07) is 7.47. The van der Waals surface area contributed by atoms with Crippen LogP contribution in [0.1, 0.15) is 37.1 Å². The van der Waals surface area contributed by atoms with E-state index in [2.05, 4.69) is 20.3 Å². The van der Waals surface area contributed by atoms with Crippen LogP contribution < -0.4 is 5.56 Å². The van der Waals surface area contributed by atoms with E-state index < -0.39 is 0 Å². The zero-order valence-corrected chi connectivity index (χ0v) is 15.6. The summed E-state index contributed by atoms with van der Waals surface area (Å²) in [5, 5.41) is 8.69. The van der Waals surface area contributed by atoms with Crippen LogP contribution in [0.5, 0.6) is 0 Å². The highest BCUT2D eigenvalue weighted by Crippen LogP contribution is 2.26. The number of aromatic amines is 1. The molecule has 1 aromatic carbocycles. The van der Waals surface area contributed by atoms with E-state index in [1.54, 1.807) is 11.6 Å². The molecule has 1 aliphatic rings. The number of rotatable bonds is 3. The van der Waals surface area contributed by atoms with E-state index >= 15 is 0 Å². The van der Waals surface area contributed by atoms with Gasteiger partial charge in [-0.15, -0.1) is 5.10 Å². The number of benzene rings is 1. The quantitative estimate of drug-likeness (QED) is 0.742. The van der Waals surface area contributed by atoms with Gasteiger partial charge in [0, 0.05) is 31.0 Å². The summed E-state index contributed by atoms with van der Waals surface area (Å²) < 4.78 is 1.60. The summed E-state index contributed by atoms with van der Waals surface area (Å²) in [6.07, 6.45) is 1.53. The molecule has 0 radical (unpaired) electrons. The standard InChI is InChI=1S/C18H19ClN6O2/c1-11(26)24-8-6-12(7-9-24)16-20-17-15(18(27)21-16)22-23-25(17)10-13-4-2-3-5-14(13)19/h2-5,12H,6-10H2,1H3,(H,20,21,27). The molecule has 3 aromatic rings. The van der Waals surface area contributed by atoms with Crippen molar-refractivity contribution < 1.29 is 4.79 Å². The molecule has 27 heavy (non-hydrogen) atoms. The van der Waals surface area contributed by atoms with Crippen LogP contribution in [-0.4, -0.2) is 48.9 Å². The number of aromatic nitrogens is 5. The molecule has 140 valence electrons. The van der Waals surface area contributed by atoms with Gasteiger partial charge in [-0.2, -0.15) is 0 Å². The van der Waals surface area contributed by atoms with E-state index in [-0.39, 0.29) is 22.9 Å². The highest BCUT2D eigenvalue weighted by molar-refractivity contribution is 6.31. The molecule has 2 aromatic heterocycles. The fraction of sp³-hybridized carbons (Fsp3) is 0.389. The third-order valence-corrected chi connectivity index (χ3v) is 5.37. The number of nitrogens with zero attached hydrogens (tertiary/aromatic N) is 5. The minimum absolute atomic E-state index is 0.0763. The van der Waals surface area contributed by atoms with Gasteiger partial charge in [0.2, 0.25) is 5.91 Å². The molecular formula is C18H19ClN6O2. The molecule has 1 saturated heterocycles. The Labute approximate surface area is 160 Å². The van der Waals surface area contributed by atoms with Gasteiger partial charge in [0.25, 0.3) is 5.56 Å². The molecule has 1 amide bonds. The number of hydrogen-bond donors (Lipinski definition) is 1. The Morgan fingerprint density at radius 1 is 1.30 bits per heavy atom. The van der Waals surface area contributed by atoms with Crippen molar-refractivity contribution in [2.24, 2.45) is 0 Å². The smallest absolute Gasteiger partial charge is 0.281 e. The first-order valence-corrected chi connectivity index (χ1v) is 9.23. The fourth-order valence-electron chi connectivity index (χ4n) is 3.44. The first-order chi connectivity index (χ1) is 13.0. The fourth-order valence-corrected chi connectivity index (χ4v) is 3.63. The number of hydrogen-bond acceptors (Lipinski definition) is 5. The van der Waals surface area contributed by atoms with Crippen LogP contribution >= 0.6 is 11.6 Å². The van der Waals surface area contributed by atoms with Crippen LogP contribution in [0.4, 0.5) is 0 Å². The highest BCUT2D eigenvalue weighted by Gasteiger charge is 2.25. The summed E-state index contributed by atoms with van der Waals surface area (Å²) in [5.74, 6) is 0.798. The predicted octanol–water partition coefficient (Wildman–Crippen LogP) is 1.94. The third-order valence-electron chi connectivity index (χ3n) is 5.00. The van der Waals surface area contributed by atoms with E-state index in [9.17, 15) is 9.59 Å². The van der Waals surface area contributed by atoms with E-state index in [4.69, 9.17) is 11.6 Å². The second-order valence-corrected chi connectivity index (χ2v) is 7.15. The van der Waals surface area contributed by atoms with Gasteiger partial charge >= 0.3 is 0 Å². The first-order valence-electron chi connectivity index (χ1n) is 8.85. The van der Waals surface area contributed by atoms with Crippen LogP contribution in [0.2, 0.25) is 5.02 Å². The Balaban J connectivity index is 1.65. The second-order valence-electron chi connectivity index (χ2n) is 6.74. The molecule has 9 heteroatoms. The molecule has 4 rings (SSSR count). The van der Waals surface area contributed by atoms with Gasteiger partial charge in [-0.1, -0.05) is 35.0 Å². The molecule has 1 aliphatic heterocycles. The Morgan fingerprint density at radius 3 is 2.74 bits per heavy atom. The third kappa shape index (κ3) is 3.44. The topological polar surface area (TPSA) is 96.8 Å². The number of amides is 1. The van der Waals surface area contributed by atoms with Crippen molar-refractivity contribution in [2.75, 3.05) is 13.1 Å². The molecule has 0 unspecified atom stereocenters. The average molecular weight is 387 g/mol. The SMILES string of the molecule is CC(=O)N1CCC(c2nc3c(nnn3Cc3ccccc3Cl)c(=O)[nH]2)CC1. The van der Waals surface area contributed by atoms with E-state index in [0.717, 1.165) is 18.4 Å². The van der Waals surface area contributed by atoms with Crippen molar-refractivity contribution in [3.8, 4) is 0 Å². The van der Waals surface area contributed by atoms with Crippen LogP contribution in [-0.2, 0) is 11.3 Å². The lowest BCUT2D eigenvalue weighted by atomic mass is 9.96. The maximum absolute atomic E-state index is 12.4. The highest BCUT2D eigenvalue weighted by atomic mass is 35.5. The van der Waals surface area contributed by atoms with Crippen LogP contribution in [0.25, 0.3) is 11.2 Å². The zero-order valence-electron chi connectivity index (χ0n) is 14.9. The van der Waals surface area contributed by atoms with Gasteiger partial charge in [0.1, 0.15) is 5.82 Å². The first kappa shape index (κ1) is 17.7. The maximum atomic E-state index is 12.4.